The molecule has 1 atom stereocenters. The Kier molecular flexibility index (Phi) is 4.13. The molecule has 2 heterocycles. The van der Waals surface area contributed by atoms with Crippen molar-refractivity contribution in [2.75, 3.05) is 0 Å². The number of benzene rings is 3. The largest absolute Gasteiger partial charge is 0.461 e. The van der Waals surface area contributed by atoms with Crippen molar-refractivity contribution >= 4 is 22.3 Å². The van der Waals surface area contributed by atoms with Gasteiger partial charge in [0.2, 0.25) is 23.5 Å². The third-order valence-corrected chi connectivity index (χ3v) is 10.8. The van der Waals surface area contributed by atoms with E-state index in [1.54, 1.807) is 29.8 Å². The molecule has 1 spiro atoms. The summed E-state index contributed by atoms with van der Waals surface area (Å²) in [5, 5.41) is 2.51. The lowest BCUT2D eigenvalue weighted by atomic mass is 9.48. The summed E-state index contributed by atoms with van der Waals surface area (Å²) in [7, 11) is 0. The first kappa shape index (κ1) is 21.7. The average molecular weight is 503 g/mol. The molecule has 3 aromatic rings. The molecule has 0 amide bonds. The number of rotatable bonds is 1. The van der Waals surface area contributed by atoms with Crippen LogP contribution < -0.4 is 4.74 Å². The monoisotopic (exact) mass is 502 g/mol. The summed E-state index contributed by atoms with van der Waals surface area (Å²) in [6.45, 7) is 0. The van der Waals surface area contributed by atoms with Gasteiger partial charge in [0.15, 0.2) is 0 Å². The summed E-state index contributed by atoms with van der Waals surface area (Å²) < 4.78 is 12.6. The summed E-state index contributed by atoms with van der Waals surface area (Å²) in [5.74, 6) is 3.07. The van der Waals surface area contributed by atoms with Crippen LogP contribution in [0.15, 0.2) is 66.2 Å². The number of fused-ring (bicyclic) bond motifs is 5. The van der Waals surface area contributed by atoms with Crippen molar-refractivity contribution in [3.05, 3.63) is 88.5 Å². The minimum absolute atomic E-state index is 0.251. The number of carbonyl (C=O) groups is 2. The molecule has 4 nitrogen and oxygen atoms in total. The number of ketones is 2. The Morgan fingerprint density at radius 2 is 1.47 bits per heavy atom. The number of hydrogen-bond donors (Lipinski definition) is 0. The predicted octanol–water partition coefficient (Wildman–Crippen LogP) is 6.73. The van der Waals surface area contributed by atoms with E-state index >= 15 is 0 Å². The van der Waals surface area contributed by atoms with Gasteiger partial charge < -0.3 is 9.47 Å². The zero-order valence-corrected chi connectivity index (χ0v) is 21.4. The number of carbonyl (C=O) groups excluding carboxylic acids is 2. The minimum Gasteiger partial charge on any atom is -0.461 e. The van der Waals surface area contributed by atoms with Crippen molar-refractivity contribution in [3.63, 3.8) is 0 Å². The Bertz CT molecular complexity index is 1540. The molecule has 4 fully saturated rings. The molecule has 5 aliphatic carbocycles. The number of ether oxygens (including phenoxy) is 2. The lowest BCUT2D eigenvalue weighted by Gasteiger charge is -2.57. The Morgan fingerprint density at radius 3 is 2.16 bits per heavy atom. The van der Waals surface area contributed by atoms with Crippen LogP contribution in [0.5, 0.6) is 5.75 Å². The van der Waals surface area contributed by atoms with Crippen molar-refractivity contribution in [3.8, 4) is 5.75 Å². The van der Waals surface area contributed by atoms with Gasteiger partial charge in [-0.2, -0.15) is 0 Å². The molecular formula is C34H30O4. The molecule has 7 aliphatic rings. The van der Waals surface area contributed by atoms with Crippen LogP contribution >= 0.6 is 0 Å². The van der Waals surface area contributed by atoms with Crippen LogP contribution in [0.25, 0.3) is 10.8 Å². The average Bonchev–Trinajstić information content (AvgIpc) is 3.12. The molecule has 2 aliphatic heterocycles. The molecule has 10 rings (SSSR count). The summed E-state index contributed by atoms with van der Waals surface area (Å²) in [6, 6.07) is 18.4. The summed E-state index contributed by atoms with van der Waals surface area (Å²) >= 11 is 0. The van der Waals surface area contributed by atoms with Gasteiger partial charge in [0, 0.05) is 29.5 Å². The molecular weight excluding hydrogens is 472 g/mol. The molecule has 4 saturated carbocycles. The van der Waals surface area contributed by atoms with E-state index in [2.05, 4.69) is 30.3 Å². The molecule has 190 valence electrons. The SMILES string of the molecule is O=C1c2ccccc2C(=O)C12CC=C1Cc3c(ccc4cc(C56CC7CC(CC(C7)C5)C6)ccc34)OC1O2. The van der Waals surface area contributed by atoms with Crippen LogP contribution in [0.3, 0.4) is 0 Å². The van der Waals surface area contributed by atoms with Crippen LogP contribution in [0, 0.1) is 17.8 Å². The van der Waals surface area contributed by atoms with E-state index in [9.17, 15) is 9.59 Å². The topological polar surface area (TPSA) is 52.6 Å². The Labute approximate surface area is 222 Å². The van der Waals surface area contributed by atoms with Crippen LogP contribution in [0.2, 0.25) is 0 Å². The highest BCUT2D eigenvalue weighted by Gasteiger charge is 2.57. The molecule has 4 heteroatoms. The van der Waals surface area contributed by atoms with Gasteiger partial charge in [0.05, 0.1) is 0 Å². The minimum atomic E-state index is -1.50. The van der Waals surface area contributed by atoms with Gasteiger partial charge in [-0.25, -0.2) is 0 Å². The maximum Gasteiger partial charge on any atom is 0.224 e. The number of hydrogen-bond acceptors (Lipinski definition) is 4. The van der Waals surface area contributed by atoms with Gasteiger partial charge in [-0.15, -0.1) is 0 Å². The van der Waals surface area contributed by atoms with E-state index in [0.29, 0.717) is 23.0 Å². The zero-order chi connectivity index (χ0) is 25.2. The van der Waals surface area contributed by atoms with Crippen molar-refractivity contribution in [1.29, 1.82) is 0 Å². The second kappa shape index (κ2) is 7.24. The van der Waals surface area contributed by atoms with Crippen molar-refractivity contribution < 1.29 is 19.1 Å². The van der Waals surface area contributed by atoms with Crippen LogP contribution in [0.1, 0.15) is 76.8 Å². The highest BCUT2D eigenvalue weighted by molar-refractivity contribution is 6.32. The van der Waals surface area contributed by atoms with Gasteiger partial charge in [-0.05, 0) is 89.7 Å². The van der Waals surface area contributed by atoms with Crippen LogP contribution in [-0.2, 0) is 16.6 Å². The van der Waals surface area contributed by atoms with E-state index in [4.69, 9.17) is 9.47 Å². The first-order valence-corrected chi connectivity index (χ1v) is 14.3. The highest BCUT2D eigenvalue weighted by Crippen LogP contribution is 2.61. The maximum absolute atomic E-state index is 13.3. The quantitative estimate of drug-likeness (QED) is 0.273. The first-order valence-electron chi connectivity index (χ1n) is 14.3. The summed E-state index contributed by atoms with van der Waals surface area (Å²) in [5.41, 5.74) is 3.49. The third kappa shape index (κ3) is 2.74. The highest BCUT2D eigenvalue weighted by atomic mass is 16.7. The van der Waals surface area contributed by atoms with Crippen molar-refractivity contribution in [2.45, 2.75) is 68.7 Å². The molecule has 0 radical (unpaired) electrons. The van der Waals surface area contributed by atoms with E-state index in [-0.39, 0.29) is 18.0 Å². The third-order valence-electron chi connectivity index (χ3n) is 10.8. The standard InChI is InChI=1S/C34H30O4/c35-30-26-3-1-2-4-27(26)31(36)34(30)10-9-23-15-28-25-7-6-24(14-22(25)5-8-29(28)37-32(23)38-34)33-16-19-11-20(17-33)13-21(12-19)18-33/h1-9,14,19-21,32H,10-13,15-18H2. The fourth-order valence-electron chi connectivity index (χ4n) is 9.42. The molecule has 4 bridgehead atoms. The van der Waals surface area contributed by atoms with Gasteiger partial charge in [-0.1, -0.05) is 54.6 Å². The molecule has 1 unspecified atom stereocenters. The van der Waals surface area contributed by atoms with Crippen LogP contribution in [0.4, 0.5) is 0 Å². The lowest BCUT2D eigenvalue weighted by molar-refractivity contribution is -0.125. The molecule has 38 heavy (non-hydrogen) atoms. The fraction of sp³-hybridized carbons (Fsp3) is 0.412. The zero-order valence-electron chi connectivity index (χ0n) is 21.4. The number of Topliss-reactive ketones (excluding diaryl/α,β-unsaturated/α-hetero) is 2. The van der Waals surface area contributed by atoms with Gasteiger partial charge in [0.1, 0.15) is 5.75 Å². The first-order chi connectivity index (χ1) is 18.5. The lowest BCUT2D eigenvalue weighted by Crippen LogP contribution is -2.51. The second-order valence-corrected chi connectivity index (χ2v) is 12.9. The smallest absolute Gasteiger partial charge is 0.224 e. The van der Waals surface area contributed by atoms with E-state index in [0.717, 1.165) is 29.1 Å². The normalized spacial score (nSPS) is 33.6. The molecule has 3 aromatic carbocycles. The molecule has 0 N–H and O–H groups in total. The van der Waals surface area contributed by atoms with Gasteiger partial charge in [-0.3, -0.25) is 9.59 Å². The van der Waals surface area contributed by atoms with E-state index in [1.165, 1.54) is 54.9 Å². The Morgan fingerprint density at radius 1 is 0.789 bits per heavy atom. The van der Waals surface area contributed by atoms with E-state index in [1.807, 2.05) is 6.08 Å². The maximum atomic E-state index is 13.3. The van der Waals surface area contributed by atoms with Gasteiger partial charge in [0.25, 0.3) is 0 Å². The van der Waals surface area contributed by atoms with Crippen LogP contribution in [-0.4, -0.2) is 23.5 Å². The van der Waals surface area contributed by atoms with Gasteiger partial charge >= 0.3 is 0 Å². The Hall–Kier alpha value is -3.24. The second-order valence-electron chi connectivity index (χ2n) is 12.9. The predicted molar refractivity (Wildman–Crippen MR) is 144 cm³/mol. The fourth-order valence-corrected chi connectivity index (χ4v) is 9.42. The van der Waals surface area contributed by atoms with Crippen molar-refractivity contribution in [2.24, 2.45) is 17.8 Å². The summed E-state index contributed by atoms with van der Waals surface area (Å²) in [6.07, 6.45) is 10.7. The van der Waals surface area contributed by atoms with E-state index < -0.39 is 11.9 Å². The summed E-state index contributed by atoms with van der Waals surface area (Å²) in [4.78, 5) is 26.6. The molecule has 0 aromatic heterocycles. The molecule has 0 saturated heterocycles. The Balaban J connectivity index is 1.06. The van der Waals surface area contributed by atoms with Crippen molar-refractivity contribution in [1.82, 2.24) is 0 Å².